The molecule has 2 atom stereocenters. The van der Waals surface area contributed by atoms with Crippen molar-refractivity contribution in [2.45, 2.75) is 44.5 Å². The van der Waals surface area contributed by atoms with E-state index in [1.54, 1.807) is 0 Å². The molecule has 4 heteroatoms. The Labute approximate surface area is 123 Å². The lowest BCUT2D eigenvalue weighted by Gasteiger charge is -2.37. The van der Waals surface area contributed by atoms with Crippen LogP contribution in [0.5, 0.6) is 0 Å². The third kappa shape index (κ3) is 2.87. The molecule has 3 rings (SSSR count). The molecule has 104 valence electrons. The summed E-state index contributed by atoms with van der Waals surface area (Å²) in [5.74, 6) is 0. The van der Waals surface area contributed by atoms with Gasteiger partial charge in [-0.2, -0.15) is 0 Å². The summed E-state index contributed by atoms with van der Waals surface area (Å²) in [6.07, 6.45) is 4.28. The van der Waals surface area contributed by atoms with Crippen molar-refractivity contribution in [1.82, 2.24) is 4.90 Å². The van der Waals surface area contributed by atoms with E-state index in [1.165, 1.54) is 34.9 Å². The first-order valence-corrected chi connectivity index (χ1v) is 7.90. The normalized spacial score (nSPS) is 27.5. The zero-order valence-electron chi connectivity index (χ0n) is 11.1. The second kappa shape index (κ2) is 5.92. The average molecular weight is 325 g/mol. The van der Waals surface area contributed by atoms with Crippen molar-refractivity contribution in [2.75, 3.05) is 13.2 Å². The summed E-state index contributed by atoms with van der Waals surface area (Å²) >= 11 is 3.67. The summed E-state index contributed by atoms with van der Waals surface area (Å²) in [4.78, 5) is 2.59. The largest absolute Gasteiger partial charge is 0.375 e. The molecule has 1 aliphatic carbocycles. The predicted molar refractivity (Wildman–Crippen MR) is 79.8 cm³/mol. The smallest absolute Gasteiger partial charge is 0.0731 e. The lowest BCUT2D eigenvalue weighted by atomic mass is 10.1. The highest BCUT2D eigenvalue weighted by molar-refractivity contribution is 9.10. The Morgan fingerprint density at radius 1 is 1.37 bits per heavy atom. The van der Waals surface area contributed by atoms with Crippen LogP contribution in [-0.2, 0) is 17.8 Å². The summed E-state index contributed by atoms with van der Waals surface area (Å²) in [5, 5.41) is 0. The number of hydrogen-bond acceptors (Lipinski definition) is 3. The van der Waals surface area contributed by atoms with Gasteiger partial charge in [0.2, 0.25) is 0 Å². The minimum Gasteiger partial charge on any atom is -0.375 e. The first-order valence-electron chi connectivity index (χ1n) is 7.11. The standard InChI is InChI=1S/C15H21BrN2O/c16-13-8-11(9-17)4-5-12(13)10-18-6-7-19-15-3-1-2-14(15)18/h4-5,8,14-15H,1-3,6-7,9-10,17H2. The number of hydrogen-bond donors (Lipinski definition) is 1. The van der Waals surface area contributed by atoms with Crippen molar-refractivity contribution in [3.8, 4) is 0 Å². The molecule has 1 saturated carbocycles. The van der Waals surface area contributed by atoms with E-state index in [0.29, 0.717) is 18.7 Å². The van der Waals surface area contributed by atoms with E-state index in [9.17, 15) is 0 Å². The number of nitrogens with two attached hydrogens (primary N) is 1. The van der Waals surface area contributed by atoms with E-state index < -0.39 is 0 Å². The van der Waals surface area contributed by atoms with E-state index >= 15 is 0 Å². The van der Waals surface area contributed by atoms with Gasteiger partial charge in [-0.3, -0.25) is 4.90 Å². The third-order valence-electron chi connectivity index (χ3n) is 4.32. The minimum absolute atomic E-state index is 0.468. The maximum atomic E-state index is 5.87. The molecule has 1 aliphatic heterocycles. The molecule has 2 fully saturated rings. The van der Waals surface area contributed by atoms with Crippen LogP contribution in [0.25, 0.3) is 0 Å². The van der Waals surface area contributed by atoms with Gasteiger partial charge in [0.05, 0.1) is 12.7 Å². The molecule has 19 heavy (non-hydrogen) atoms. The quantitative estimate of drug-likeness (QED) is 0.929. The molecule has 0 aromatic heterocycles. The number of rotatable bonds is 3. The number of ether oxygens (including phenoxy) is 1. The van der Waals surface area contributed by atoms with Gasteiger partial charge in [0.15, 0.2) is 0 Å². The molecule has 1 aromatic carbocycles. The van der Waals surface area contributed by atoms with E-state index in [-0.39, 0.29) is 0 Å². The van der Waals surface area contributed by atoms with Crippen molar-refractivity contribution < 1.29 is 4.74 Å². The predicted octanol–water partition coefficient (Wildman–Crippen LogP) is 2.66. The highest BCUT2D eigenvalue weighted by atomic mass is 79.9. The molecule has 0 spiro atoms. The highest BCUT2D eigenvalue weighted by Gasteiger charge is 2.35. The van der Waals surface area contributed by atoms with Crippen LogP contribution in [-0.4, -0.2) is 30.2 Å². The lowest BCUT2D eigenvalue weighted by molar-refractivity contribution is -0.0588. The van der Waals surface area contributed by atoms with E-state index in [1.807, 2.05) is 0 Å². The second-order valence-corrected chi connectivity index (χ2v) is 6.36. The molecule has 1 aromatic rings. The lowest BCUT2D eigenvalue weighted by Crippen LogP contribution is -2.47. The molecule has 0 radical (unpaired) electrons. The van der Waals surface area contributed by atoms with Crippen LogP contribution < -0.4 is 5.73 Å². The Bertz CT molecular complexity index is 452. The van der Waals surface area contributed by atoms with Gasteiger partial charge >= 0.3 is 0 Å². The Hall–Kier alpha value is -0.420. The van der Waals surface area contributed by atoms with Gasteiger partial charge in [-0.25, -0.2) is 0 Å². The van der Waals surface area contributed by atoms with Gasteiger partial charge in [-0.1, -0.05) is 28.1 Å². The monoisotopic (exact) mass is 324 g/mol. The van der Waals surface area contributed by atoms with Crippen molar-refractivity contribution in [1.29, 1.82) is 0 Å². The van der Waals surface area contributed by atoms with Crippen LogP contribution in [0.3, 0.4) is 0 Å². The molecule has 2 N–H and O–H groups in total. The third-order valence-corrected chi connectivity index (χ3v) is 5.06. The first kappa shape index (κ1) is 13.6. The maximum absolute atomic E-state index is 5.87. The average Bonchev–Trinajstić information content (AvgIpc) is 2.90. The molecular weight excluding hydrogens is 304 g/mol. The van der Waals surface area contributed by atoms with Gasteiger partial charge < -0.3 is 10.5 Å². The van der Waals surface area contributed by atoms with Gasteiger partial charge in [-0.15, -0.1) is 0 Å². The van der Waals surface area contributed by atoms with Crippen LogP contribution >= 0.6 is 15.9 Å². The molecule has 2 unspecified atom stereocenters. The number of nitrogens with zero attached hydrogens (tertiary/aromatic N) is 1. The van der Waals surface area contributed by atoms with Crippen molar-refractivity contribution in [3.05, 3.63) is 33.8 Å². The van der Waals surface area contributed by atoms with Crippen LogP contribution in [0.1, 0.15) is 30.4 Å². The number of benzene rings is 1. The molecule has 1 saturated heterocycles. The summed E-state index contributed by atoms with van der Waals surface area (Å²) in [6, 6.07) is 7.09. The van der Waals surface area contributed by atoms with Gasteiger partial charge in [0, 0.05) is 30.1 Å². The second-order valence-electron chi connectivity index (χ2n) is 5.51. The fourth-order valence-electron chi connectivity index (χ4n) is 3.27. The van der Waals surface area contributed by atoms with Crippen molar-refractivity contribution in [3.63, 3.8) is 0 Å². The summed E-state index contributed by atoms with van der Waals surface area (Å²) < 4.78 is 7.04. The zero-order chi connectivity index (χ0) is 13.2. The number of morpholine rings is 1. The number of halogens is 1. The minimum atomic E-state index is 0.468. The molecule has 2 aliphatic rings. The Morgan fingerprint density at radius 3 is 3.05 bits per heavy atom. The SMILES string of the molecule is NCc1ccc(CN2CCOC3CCCC32)c(Br)c1. The topological polar surface area (TPSA) is 38.5 Å². The Morgan fingerprint density at radius 2 is 2.26 bits per heavy atom. The summed E-state index contributed by atoms with van der Waals surface area (Å²) in [6.45, 7) is 3.53. The molecule has 3 nitrogen and oxygen atoms in total. The fourth-order valence-corrected chi connectivity index (χ4v) is 3.82. The Kier molecular flexibility index (Phi) is 4.22. The highest BCUT2D eigenvalue weighted by Crippen LogP contribution is 2.31. The summed E-state index contributed by atoms with van der Waals surface area (Å²) in [7, 11) is 0. The summed E-state index contributed by atoms with van der Waals surface area (Å²) in [5.41, 5.74) is 8.20. The van der Waals surface area contributed by atoms with Crippen molar-refractivity contribution >= 4 is 15.9 Å². The molecular formula is C15H21BrN2O. The Balaban J connectivity index is 1.73. The van der Waals surface area contributed by atoms with E-state index in [2.05, 4.69) is 39.0 Å². The van der Waals surface area contributed by atoms with Crippen molar-refractivity contribution in [2.24, 2.45) is 5.73 Å². The van der Waals surface area contributed by atoms with E-state index in [0.717, 1.165) is 19.7 Å². The van der Waals surface area contributed by atoms with Gasteiger partial charge in [0.1, 0.15) is 0 Å². The van der Waals surface area contributed by atoms with Crippen LogP contribution in [0.4, 0.5) is 0 Å². The first-order chi connectivity index (χ1) is 9.28. The van der Waals surface area contributed by atoms with Crippen LogP contribution in [0.2, 0.25) is 0 Å². The van der Waals surface area contributed by atoms with Gasteiger partial charge in [0.25, 0.3) is 0 Å². The number of fused-ring (bicyclic) bond motifs is 1. The molecule has 0 bridgehead atoms. The van der Waals surface area contributed by atoms with Crippen LogP contribution in [0.15, 0.2) is 22.7 Å². The molecule has 0 amide bonds. The van der Waals surface area contributed by atoms with Gasteiger partial charge in [-0.05, 0) is 36.5 Å². The maximum Gasteiger partial charge on any atom is 0.0731 e. The fraction of sp³-hybridized carbons (Fsp3) is 0.600. The molecule has 1 heterocycles. The van der Waals surface area contributed by atoms with Crippen LogP contribution in [0, 0.1) is 0 Å². The van der Waals surface area contributed by atoms with E-state index in [4.69, 9.17) is 10.5 Å². The zero-order valence-corrected chi connectivity index (χ0v) is 12.7.